The molecule has 2 N–H and O–H groups in total. The van der Waals surface area contributed by atoms with Gasteiger partial charge in [0.2, 0.25) is 0 Å². The molecule has 1 fully saturated rings. The minimum absolute atomic E-state index is 0.0189. The van der Waals surface area contributed by atoms with Gasteiger partial charge in [-0.1, -0.05) is 31.4 Å². The number of aliphatic hydroxyl groups excluding tert-OH is 1. The van der Waals surface area contributed by atoms with Gasteiger partial charge in [0.1, 0.15) is 0 Å². The van der Waals surface area contributed by atoms with Gasteiger partial charge in [0.25, 0.3) is 5.91 Å². The fourth-order valence-electron chi connectivity index (χ4n) is 3.53. The second-order valence-electron chi connectivity index (χ2n) is 6.93. The Morgan fingerprint density at radius 3 is 2.70 bits per heavy atom. The van der Waals surface area contributed by atoms with Gasteiger partial charge in [-0.05, 0) is 57.0 Å². The Morgan fingerprint density at radius 2 is 2.04 bits per heavy atom. The Morgan fingerprint density at radius 1 is 1.30 bits per heavy atom. The maximum absolute atomic E-state index is 12.6. The van der Waals surface area contributed by atoms with E-state index in [-0.39, 0.29) is 18.6 Å². The van der Waals surface area contributed by atoms with Crippen LogP contribution in [0.3, 0.4) is 0 Å². The Labute approximate surface area is 139 Å². The third-order valence-corrected chi connectivity index (χ3v) is 4.66. The SMILES string of the molecule is CN(C)Cc1cccc(C(=O)NC(CCO)C2CCCCC2)c1. The fraction of sp³-hybridized carbons (Fsp3) is 0.632. The van der Waals surface area contributed by atoms with Crippen molar-refractivity contribution in [2.75, 3.05) is 20.7 Å². The van der Waals surface area contributed by atoms with Crippen molar-refractivity contribution in [3.05, 3.63) is 35.4 Å². The summed E-state index contributed by atoms with van der Waals surface area (Å²) in [6, 6.07) is 7.90. The number of amides is 1. The summed E-state index contributed by atoms with van der Waals surface area (Å²) in [5, 5.41) is 12.5. The molecule has 1 aromatic rings. The zero-order chi connectivity index (χ0) is 16.7. The Kier molecular flexibility index (Phi) is 7.06. The number of rotatable bonds is 7. The zero-order valence-electron chi connectivity index (χ0n) is 14.4. The van der Waals surface area contributed by atoms with Crippen molar-refractivity contribution in [1.29, 1.82) is 0 Å². The van der Waals surface area contributed by atoms with Crippen LogP contribution in [-0.4, -0.2) is 42.7 Å². The lowest BCUT2D eigenvalue weighted by molar-refractivity contribution is 0.0899. The topological polar surface area (TPSA) is 52.6 Å². The molecule has 1 aromatic carbocycles. The van der Waals surface area contributed by atoms with Gasteiger partial charge in [-0.25, -0.2) is 0 Å². The molecule has 0 radical (unpaired) electrons. The van der Waals surface area contributed by atoms with Crippen LogP contribution in [0, 0.1) is 5.92 Å². The molecule has 0 bridgehead atoms. The molecule has 0 saturated heterocycles. The molecule has 0 spiro atoms. The van der Waals surface area contributed by atoms with Crippen molar-refractivity contribution in [1.82, 2.24) is 10.2 Å². The molecule has 1 unspecified atom stereocenters. The molecular formula is C19H30N2O2. The van der Waals surface area contributed by atoms with E-state index in [4.69, 9.17) is 0 Å². The van der Waals surface area contributed by atoms with E-state index in [1.54, 1.807) is 0 Å². The van der Waals surface area contributed by atoms with Crippen LogP contribution in [0.4, 0.5) is 0 Å². The van der Waals surface area contributed by atoms with Crippen molar-refractivity contribution in [2.45, 2.75) is 51.1 Å². The second-order valence-corrected chi connectivity index (χ2v) is 6.93. The van der Waals surface area contributed by atoms with Crippen LogP contribution >= 0.6 is 0 Å². The number of carbonyl (C=O) groups is 1. The van der Waals surface area contributed by atoms with Crippen LogP contribution in [0.1, 0.15) is 54.4 Å². The van der Waals surface area contributed by atoms with Gasteiger partial charge in [0.05, 0.1) is 0 Å². The molecule has 1 atom stereocenters. The normalized spacial score (nSPS) is 17.2. The van der Waals surface area contributed by atoms with Crippen molar-refractivity contribution in [3.63, 3.8) is 0 Å². The molecule has 0 aliphatic heterocycles. The highest BCUT2D eigenvalue weighted by Gasteiger charge is 2.25. The van der Waals surface area contributed by atoms with Gasteiger partial charge in [-0.15, -0.1) is 0 Å². The smallest absolute Gasteiger partial charge is 0.251 e. The predicted molar refractivity (Wildman–Crippen MR) is 93.4 cm³/mol. The van der Waals surface area contributed by atoms with Crippen molar-refractivity contribution in [3.8, 4) is 0 Å². The lowest BCUT2D eigenvalue weighted by atomic mass is 9.82. The van der Waals surface area contributed by atoms with Gasteiger partial charge in [0.15, 0.2) is 0 Å². The number of nitrogens with zero attached hydrogens (tertiary/aromatic N) is 1. The number of benzene rings is 1. The summed E-state index contributed by atoms with van der Waals surface area (Å²) in [4.78, 5) is 14.7. The third-order valence-electron chi connectivity index (χ3n) is 4.66. The molecule has 128 valence electrons. The van der Waals surface area contributed by atoms with E-state index in [1.807, 2.05) is 38.4 Å². The minimum Gasteiger partial charge on any atom is -0.396 e. The van der Waals surface area contributed by atoms with E-state index in [1.165, 1.54) is 19.3 Å². The zero-order valence-corrected chi connectivity index (χ0v) is 14.4. The van der Waals surface area contributed by atoms with E-state index in [2.05, 4.69) is 10.2 Å². The first-order valence-electron chi connectivity index (χ1n) is 8.75. The maximum atomic E-state index is 12.6. The molecule has 1 aliphatic carbocycles. The van der Waals surface area contributed by atoms with Crippen LogP contribution in [0.2, 0.25) is 0 Å². The summed E-state index contributed by atoms with van der Waals surface area (Å²) in [6.45, 7) is 0.950. The van der Waals surface area contributed by atoms with E-state index < -0.39 is 0 Å². The first kappa shape index (κ1) is 18.0. The second kappa shape index (κ2) is 9.04. The van der Waals surface area contributed by atoms with Crippen LogP contribution in [0.5, 0.6) is 0 Å². The molecule has 1 amide bonds. The summed E-state index contributed by atoms with van der Waals surface area (Å²) in [7, 11) is 4.04. The van der Waals surface area contributed by atoms with Gasteiger partial charge in [-0.3, -0.25) is 4.79 Å². The predicted octanol–water partition coefficient (Wildman–Crippen LogP) is 2.81. The fourth-order valence-corrected chi connectivity index (χ4v) is 3.53. The molecule has 4 heteroatoms. The lowest BCUT2D eigenvalue weighted by Crippen LogP contribution is -2.41. The van der Waals surface area contributed by atoms with Gasteiger partial charge < -0.3 is 15.3 Å². The Hall–Kier alpha value is -1.39. The first-order valence-corrected chi connectivity index (χ1v) is 8.75. The van der Waals surface area contributed by atoms with E-state index in [0.717, 1.165) is 24.9 Å². The largest absolute Gasteiger partial charge is 0.396 e. The van der Waals surface area contributed by atoms with Crippen LogP contribution in [0.25, 0.3) is 0 Å². The highest BCUT2D eigenvalue weighted by Crippen LogP contribution is 2.28. The average Bonchev–Trinajstić information content (AvgIpc) is 2.55. The molecule has 1 saturated carbocycles. The van der Waals surface area contributed by atoms with Gasteiger partial charge >= 0.3 is 0 Å². The van der Waals surface area contributed by atoms with Crippen molar-refractivity contribution >= 4 is 5.91 Å². The van der Waals surface area contributed by atoms with Gasteiger partial charge in [0, 0.05) is 24.8 Å². The molecule has 4 nitrogen and oxygen atoms in total. The summed E-state index contributed by atoms with van der Waals surface area (Å²) in [5.74, 6) is 0.486. The maximum Gasteiger partial charge on any atom is 0.251 e. The lowest BCUT2D eigenvalue weighted by Gasteiger charge is -2.30. The standard InChI is InChI=1S/C19H30N2O2/c1-21(2)14-15-7-6-10-17(13-15)19(23)20-18(11-12-22)16-8-4-3-5-9-16/h6-7,10,13,16,18,22H,3-5,8-9,11-12,14H2,1-2H3,(H,20,23). The minimum atomic E-state index is -0.0189. The van der Waals surface area contributed by atoms with E-state index in [0.29, 0.717) is 17.9 Å². The highest BCUT2D eigenvalue weighted by molar-refractivity contribution is 5.94. The van der Waals surface area contributed by atoms with Crippen molar-refractivity contribution < 1.29 is 9.90 Å². The molecule has 23 heavy (non-hydrogen) atoms. The number of aliphatic hydroxyl groups is 1. The summed E-state index contributed by atoms with van der Waals surface area (Å²) >= 11 is 0. The number of hydrogen-bond acceptors (Lipinski definition) is 3. The number of nitrogens with one attached hydrogen (secondary N) is 1. The number of carbonyl (C=O) groups excluding carboxylic acids is 1. The third kappa shape index (κ3) is 5.63. The summed E-state index contributed by atoms with van der Waals surface area (Å²) in [5.41, 5.74) is 1.85. The molecule has 0 aromatic heterocycles. The molecular weight excluding hydrogens is 288 g/mol. The molecule has 1 aliphatic rings. The van der Waals surface area contributed by atoms with Crippen LogP contribution in [0.15, 0.2) is 24.3 Å². The monoisotopic (exact) mass is 318 g/mol. The summed E-state index contributed by atoms with van der Waals surface area (Å²) in [6.07, 6.45) is 6.73. The average molecular weight is 318 g/mol. The summed E-state index contributed by atoms with van der Waals surface area (Å²) < 4.78 is 0. The van der Waals surface area contributed by atoms with E-state index >= 15 is 0 Å². The quantitative estimate of drug-likeness (QED) is 0.813. The van der Waals surface area contributed by atoms with Crippen LogP contribution in [-0.2, 0) is 6.54 Å². The Balaban J connectivity index is 2.02. The van der Waals surface area contributed by atoms with Crippen LogP contribution < -0.4 is 5.32 Å². The van der Waals surface area contributed by atoms with Gasteiger partial charge in [-0.2, -0.15) is 0 Å². The number of hydrogen-bond donors (Lipinski definition) is 2. The van der Waals surface area contributed by atoms with E-state index in [9.17, 15) is 9.90 Å². The highest BCUT2D eigenvalue weighted by atomic mass is 16.3. The molecule has 0 heterocycles. The molecule has 2 rings (SSSR count). The Bertz CT molecular complexity index is 496. The first-order chi connectivity index (χ1) is 11.1. The van der Waals surface area contributed by atoms with Crippen molar-refractivity contribution in [2.24, 2.45) is 5.92 Å².